The van der Waals surface area contributed by atoms with Gasteiger partial charge in [-0.15, -0.1) is 24.0 Å². The molecule has 1 aromatic rings. The van der Waals surface area contributed by atoms with E-state index in [4.69, 9.17) is 0 Å². The van der Waals surface area contributed by atoms with Crippen molar-refractivity contribution in [2.75, 3.05) is 26.7 Å². The van der Waals surface area contributed by atoms with Crippen LogP contribution in [0.4, 0.5) is 0 Å². The number of hydrogen-bond acceptors (Lipinski definition) is 2. The van der Waals surface area contributed by atoms with Gasteiger partial charge < -0.3 is 15.5 Å². The Labute approximate surface area is 162 Å². The molecule has 0 aromatic heterocycles. The summed E-state index contributed by atoms with van der Waals surface area (Å²) in [5.74, 6) is 1.59. The normalized spacial score (nSPS) is 17.8. The number of guanidine groups is 1. The number of amides is 1. The standard InChI is InChI=1S/C18H28N4O.HI/c1-15-7-6-12-22(14-15)17(23)10-11-20-18(19-2)21-13-16-8-4-3-5-9-16;/h3-5,8-9,15H,6-7,10-14H2,1-2H3,(H2,19,20,21);1H. The van der Waals surface area contributed by atoms with Crippen LogP contribution in [-0.2, 0) is 11.3 Å². The molecular weight excluding hydrogens is 415 g/mol. The molecule has 1 fully saturated rings. The number of likely N-dealkylation sites (tertiary alicyclic amines) is 1. The van der Waals surface area contributed by atoms with Gasteiger partial charge in [-0.1, -0.05) is 37.3 Å². The van der Waals surface area contributed by atoms with E-state index in [0.29, 0.717) is 18.9 Å². The van der Waals surface area contributed by atoms with Crippen molar-refractivity contribution in [3.05, 3.63) is 35.9 Å². The molecule has 1 unspecified atom stereocenters. The minimum Gasteiger partial charge on any atom is -0.356 e. The highest BCUT2D eigenvalue weighted by Crippen LogP contribution is 2.15. The van der Waals surface area contributed by atoms with Gasteiger partial charge in [0.15, 0.2) is 5.96 Å². The number of rotatable bonds is 5. The first-order valence-electron chi connectivity index (χ1n) is 8.45. The molecule has 1 atom stereocenters. The van der Waals surface area contributed by atoms with E-state index in [1.807, 2.05) is 23.1 Å². The van der Waals surface area contributed by atoms with E-state index in [2.05, 4.69) is 34.7 Å². The van der Waals surface area contributed by atoms with E-state index in [0.717, 1.165) is 32.0 Å². The number of aliphatic imine (C=N–C) groups is 1. The molecule has 1 aliphatic heterocycles. The second-order valence-corrected chi connectivity index (χ2v) is 6.18. The van der Waals surface area contributed by atoms with Crippen LogP contribution >= 0.6 is 24.0 Å². The van der Waals surface area contributed by atoms with E-state index in [1.54, 1.807) is 7.05 Å². The molecule has 1 aromatic carbocycles. The van der Waals surface area contributed by atoms with Gasteiger partial charge in [0, 0.05) is 39.6 Å². The van der Waals surface area contributed by atoms with Crippen LogP contribution in [0, 0.1) is 5.92 Å². The van der Waals surface area contributed by atoms with Crippen molar-refractivity contribution in [2.45, 2.75) is 32.7 Å². The number of carbonyl (C=O) groups excluding carboxylic acids is 1. The number of nitrogens with zero attached hydrogens (tertiary/aromatic N) is 2. The number of carbonyl (C=O) groups is 1. The Morgan fingerprint density at radius 2 is 2.04 bits per heavy atom. The summed E-state index contributed by atoms with van der Waals surface area (Å²) in [6.45, 7) is 5.35. The lowest BCUT2D eigenvalue weighted by molar-refractivity contribution is -0.132. The second-order valence-electron chi connectivity index (χ2n) is 6.18. The van der Waals surface area contributed by atoms with E-state index in [-0.39, 0.29) is 29.9 Å². The van der Waals surface area contributed by atoms with Gasteiger partial charge in [0.25, 0.3) is 0 Å². The fourth-order valence-electron chi connectivity index (χ4n) is 2.86. The average Bonchev–Trinajstić information content (AvgIpc) is 2.58. The summed E-state index contributed by atoms with van der Waals surface area (Å²) in [4.78, 5) is 18.4. The van der Waals surface area contributed by atoms with Crippen LogP contribution in [0.3, 0.4) is 0 Å². The molecule has 2 N–H and O–H groups in total. The lowest BCUT2D eigenvalue weighted by atomic mass is 10.00. The van der Waals surface area contributed by atoms with Crippen LogP contribution in [0.1, 0.15) is 31.7 Å². The summed E-state index contributed by atoms with van der Waals surface area (Å²) >= 11 is 0. The van der Waals surface area contributed by atoms with Crippen LogP contribution in [0.25, 0.3) is 0 Å². The minimum atomic E-state index is 0. The van der Waals surface area contributed by atoms with Gasteiger partial charge in [-0.05, 0) is 24.3 Å². The van der Waals surface area contributed by atoms with Crippen LogP contribution in [-0.4, -0.2) is 43.4 Å². The summed E-state index contributed by atoms with van der Waals surface area (Å²) in [6, 6.07) is 10.2. The van der Waals surface area contributed by atoms with Gasteiger partial charge in [-0.3, -0.25) is 9.79 Å². The van der Waals surface area contributed by atoms with Gasteiger partial charge in [-0.25, -0.2) is 0 Å². The molecule has 6 heteroatoms. The second kappa shape index (κ2) is 11.3. The lowest BCUT2D eigenvalue weighted by Crippen LogP contribution is -2.42. The molecule has 134 valence electrons. The summed E-state index contributed by atoms with van der Waals surface area (Å²) in [5.41, 5.74) is 1.20. The minimum absolute atomic E-state index is 0. The van der Waals surface area contributed by atoms with Crippen LogP contribution in [0.5, 0.6) is 0 Å². The molecule has 2 rings (SSSR count). The molecule has 0 spiro atoms. The highest BCUT2D eigenvalue weighted by Gasteiger charge is 2.20. The van der Waals surface area contributed by atoms with Crippen molar-refractivity contribution < 1.29 is 4.79 Å². The van der Waals surface area contributed by atoms with Crippen molar-refractivity contribution in [1.29, 1.82) is 0 Å². The smallest absolute Gasteiger partial charge is 0.224 e. The Kier molecular flexibility index (Phi) is 9.75. The van der Waals surface area contributed by atoms with Gasteiger partial charge in [0.1, 0.15) is 0 Å². The Morgan fingerprint density at radius 3 is 2.71 bits per heavy atom. The van der Waals surface area contributed by atoms with E-state index >= 15 is 0 Å². The number of hydrogen-bond donors (Lipinski definition) is 2. The summed E-state index contributed by atoms with van der Waals surface area (Å²) in [7, 11) is 1.74. The molecule has 0 bridgehead atoms. The van der Waals surface area contributed by atoms with Crippen molar-refractivity contribution in [3.63, 3.8) is 0 Å². The monoisotopic (exact) mass is 444 g/mol. The Balaban J connectivity index is 0.00000288. The fourth-order valence-corrected chi connectivity index (χ4v) is 2.86. The topological polar surface area (TPSA) is 56.7 Å². The highest BCUT2D eigenvalue weighted by atomic mass is 127. The van der Waals surface area contributed by atoms with E-state index in [9.17, 15) is 4.79 Å². The van der Waals surface area contributed by atoms with E-state index in [1.165, 1.54) is 12.0 Å². The van der Waals surface area contributed by atoms with Gasteiger partial charge in [-0.2, -0.15) is 0 Å². The Morgan fingerprint density at radius 1 is 1.29 bits per heavy atom. The van der Waals surface area contributed by atoms with Crippen LogP contribution in [0.2, 0.25) is 0 Å². The largest absolute Gasteiger partial charge is 0.356 e. The molecule has 1 saturated heterocycles. The van der Waals surface area contributed by atoms with Gasteiger partial charge in [0.05, 0.1) is 0 Å². The van der Waals surface area contributed by atoms with Crippen LogP contribution in [0.15, 0.2) is 35.3 Å². The van der Waals surface area contributed by atoms with Gasteiger partial charge in [0.2, 0.25) is 5.91 Å². The summed E-state index contributed by atoms with van der Waals surface area (Å²) in [5, 5.41) is 6.47. The predicted molar refractivity (Wildman–Crippen MR) is 110 cm³/mol. The third-order valence-corrected chi connectivity index (χ3v) is 4.17. The maximum atomic E-state index is 12.2. The van der Waals surface area contributed by atoms with E-state index < -0.39 is 0 Å². The Hall–Kier alpha value is -1.31. The molecule has 0 saturated carbocycles. The van der Waals surface area contributed by atoms with Gasteiger partial charge >= 0.3 is 0 Å². The summed E-state index contributed by atoms with van der Waals surface area (Å²) in [6.07, 6.45) is 2.87. The zero-order valence-corrected chi connectivity index (χ0v) is 17.0. The fraction of sp³-hybridized carbons (Fsp3) is 0.556. The number of piperidine rings is 1. The SMILES string of the molecule is CN=C(NCCC(=O)N1CCCC(C)C1)NCc1ccccc1.I. The quantitative estimate of drug-likeness (QED) is 0.417. The number of halogens is 1. The average molecular weight is 444 g/mol. The van der Waals surface area contributed by atoms with Crippen LogP contribution < -0.4 is 10.6 Å². The highest BCUT2D eigenvalue weighted by molar-refractivity contribution is 14.0. The third kappa shape index (κ3) is 7.07. The lowest BCUT2D eigenvalue weighted by Gasteiger charge is -2.31. The first kappa shape index (κ1) is 20.7. The van der Waals surface area contributed by atoms with Crippen molar-refractivity contribution >= 4 is 35.8 Å². The zero-order chi connectivity index (χ0) is 16.5. The third-order valence-electron chi connectivity index (χ3n) is 4.17. The van der Waals surface area contributed by atoms with Crippen molar-refractivity contribution in [1.82, 2.24) is 15.5 Å². The van der Waals surface area contributed by atoms with Crippen molar-refractivity contribution in [2.24, 2.45) is 10.9 Å². The molecule has 24 heavy (non-hydrogen) atoms. The molecule has 5 nitrogen and oxygen atoms in total. The van der Waals surface area contributed by atoms with Crippen molar-refractivity contribution in [3.8, 4) is 0 Å². The molecule has 0 radical (unpaired) electrons. The molecule has 1 amide bonds. The molecular formula is C18H29IN4O. The summed E-state index contributed by atoms with van der Waals surface area (Å²) < 4.78 is 0. The number of benzene rings is 1. The molecule has 1 aliphatic rings. The molecule has 0 aliphatic carbocycles. The first-order chi connectivity index (χ1) is 11.2. The Bertz CT molecular complexity index is 521. The maximum Gasteiger partial charge on any atom is 0.224 e. The zero-order valence-electron chi connectivity index (χ0n) is 14.6. The number of nitrogens with one attached hydrogen (secondary N) is 2. The first-order valence-corrected chi connectivity index (χ1v) is 8.45. The predicted octanol–water partition coefficient (Wildman–Crippen LogP) is 2.62. The molecule has 1 heterocycles. The maximum absolute atomic E-state index is 12.2.